The summed E-state index contributed by atoms with van der Waals surface area (Å²) in [7, 11) is 0. The van der Waals surface area contributed by atoms with Gasteiger partial charge >= 0.3 is 0 Å². The number of hydrogen-bond donors (Lipinski definition) is 2. The molecular formula is C42H46Cl3N5O4. The molecule has 0 unspecified atom stereocenters. The Bertz CT molecular complexity index is 2250. The van der Waals surface area contributed by atoms with Crippen molar-refractivity contribution in [1.82, 2.24) is 9.78 Å². The maximum Gasteiger partial charge on any atom is 0.290 e. The number of hydrogen-bond acceptors (Lipinski definition) is 5. The molecule has 5 rings (SSSR count). The topological polar surface area (TPSA) is 106 Å². The highest BCUT2D eigenvalue weighted by Gasteiger charge is 2.28. The summed E-state index contributed by atoms with van der Waals surface area (Å²) in [5.74, 6) is -0.314. The molecule has 9 nitrogen and oxygen atoms in total. The molecule has 0 radical (unpaired) electrons. The lowest BCUT2D eigenvalue weighted by atomic mass is 9.76. The van der Waals surface area contributed by atoms with E-state index in [1.54, 1.807) is 29.0 Å². The van der Waals surface area contributed by atoms with E-state index in [2.05, 4.69) is 69.4 Å². The summed E-state index contributed by atoms with van der Waals surface area (Å²) >= 11 is 19.1. The fraction of sp³-hybridized carbons (Fsp3) is 0.333. The van der Waals surface area contributed by atoms with Crippen LogP contribution in [0, 0.1) is 6.92 Å². The van der Waals surface area contributed by atoms with E-state index in [9.17, 15) is 14.4 Å². The fourth-order valence-corrected chi connectivity index (χ4v) is 6.96. The molecule has 2 aromatic heterocycles. The highest BCUT2D eigenvalue weighted by atomic mass is 35.5. The van der Waals surface area contributed by atoms with Crippen molar-refractivity contribution in [3.63, 3.8) is 0 Å². The molecule has 284 valence electrons. The molecule has 0 saturated carbocycles. The van der Waals surface area contributed by atoms with Gasteiger partial charge in [0.2, 0.25) is 5.69 Å². The fourth-order valence-electron chi connectivity index (χ4n) is 5.98. The van der Waals surface area contributed by atoms with Crippen molar-refractivity contribution >= 4 is 58.1 Å². The molecule has 0 saturated heterocycles. The minimum absolute atomic E-state index is 0.000888. The van der Waals surface area contributed by atoms with E-state index in [0.29, 0.717) is 11.4 Å². The number of benzene rings is 3. The number of ether oxygens (including phenoxy) is 1. The molecular weight excluding hydrogens is 745 g/mol. The first-order chi connectivity index (χ1) is 25.5. The number of nitrogens with one attached hydrogen (secondary N) is 2. The van der Waals surface area contributed by atoms with Crippen LogP contribution in [0.25, 0.3) is 11.4 Å². The van der Waals surface area contributed by atoms with Crippen molar-refractivity contribution in [2.45, 2.75) is 85.5 Å². The van der Waals surface area contributed by atoms with Crippen LogP contribution in [0.2, 0.25) is 15.1 Å². The van der Waals surface area contributed by atoms with Gasteiger partial charge in [-0.25, -0.2) is 0 Å². The van der Waals surface area contributed by atoms with Crippen molar-refractivity contribution in [3.8, 4) is 17.1 Å². The molecule has 0 aliphatic carbocycles. The Morgan fingerprint density at radius 2 is 1.59 bits per heavy atom. The van der Waals surface area contributed by atoms with Crippen molar-refractivity contribution in [3.05, 3.63) is 126 Å². The summed E-state index contributed by atoms with van der Waals surface area (Å²) in [5.41, 5.74) is 4.39. The Hall–Kier alpha value is -4.57. The van der Waals surface area contributed by atoms with E-state index in [1.165, 1.54) is 23.8 Å². The second kappa shape index (κ2) is 16.4. The van der Waals surface area contributed by atoms with Crippen LogP contribution in [0.15, 0.2) is 77.9 Å². The molecule has 2 N–H and O–H groups in total. The van der Waals surface area contributed by atoms with Gasteiger partial charge in [0, 0.05) is 21.8 Å². The third-order valence-electron chi connectivity index (χ3n) is 10.2. The van der Waals surface area contributed by atoms with E-state index in [1.807, 2.05) is 32.2 Å². The lowest BCUT2D eigenvalue weighted by Gasteiger charge is -2.30. The molecule has 5 aromatic rings. The van der Waals surface area contributed by atoms with Crippen molar-refractivity contribution in [2.75, 3.05) is 17.2 Å². The monoisotopic (exact) mass is 789 g/mol. The third-order valence-corrected chi connectivity index (χ3v) is 11.0. The van der Waals surface area contributed by atoms with E-state index < -0.39 is 11.5 Å². The van der Waals surface area contributed by atoms with Crippen molar-refractivity contribution in [1.29, 1.82) is 0 Å². The van der Waals surface area contributed by atoms with Gasteiger partial charge in [-0.2, -0.15) is 9.78 Å². The molecule has 0 aliphatic rings. The molecule has 0 fully saturated rings. The first-order valence-electron chi connectivity index (χ1n) is 17.9. The maximum absolute atomic E-state index is 14.0. The summed E-state index contributed by atoms with van der Waals surface area (Å²) in [6.45, 7) is 16.9. The molecule has 0 aliphatic heterocycles. The van der Waals surface area contributed by atoms with Gasteiger partial charge in [0.25, 0.3) is 17.4 Å². The number of rotatable bonds is 13. The van der Waals surface area contributed by atoms with Crippen LogP contribution in [0.3, 0.4) is 0 Å². The summed E-state index contributed by atoms with van der Waals surface area (Å²) < 4.78 is 8.78. The highest BCUT2D eigenvalue weighted by molar-refractivity contribution is 6.40. The Kier molecular flexibility index (Phi) is 12.4. The molecule has 2 amide bonds. The number of anilines is 2. The Morgan fingerprint density at radius 1 is 0.907 bits per heavy atom. The number of aryl methyl sites for hydroxylation is 2. The van der Waals surface area contributed by atoms with Crippen LogP contribution >= 0.6 is 34.8 Å². The molecule has 54 heavy (non-hydrogen) atoms. The third kappa shape index (κ3) is 8.70. The number of halogens is 3. The summed E-state index contributed by atoms with van der Waals surface area (Å²) in [5, 5.41) is 10.6. The lowest BCUT2D eigenvalue weighted by Crippen LogP contribution is -2.38. The van der Waals surface area contributed by atoms with Gasteiger partial charge in [0.05, 0.1) is 22.4 Å². The van der Waals surface area contributed by atoms with Gasteiger partial charge in [0.15, 0.2) is 12.4 Å². The molecule has 0 bridgehead atoms. The SMILES string of the molecule is CCc1c[n+](-[c-]2c(NC(=O)c3cccc(NC(=O)COc4ccc(C(C)(C)CC)cc4C(C)(C)CC)c3)nn(-c3c(Cl)cc(Cl)cc3Cl)c2=O)ccc1C. The number of pyridine rings is 1. The van der Waals surface area contributed by atoms with E-state index in [-0.39, 0.29) is 61.2 Å². The molecule has 0 atom stereocenters. The lowest BCUT2D eigenvalue weighted by molar-refractivity contribution is -0.596. The Balaban J connectivity index is 1.40. The van der Waals surface area contributed by atoms with Crippen LogP contribution in [-0.4, -0.2) is 28.2 Å². The van der Waals surface area contributed by atoms with Crippen molar-refractivity contribution in [2.24, 2.45) is 0 Å². The molecule has 12 heteroatoms. The predicted molar refractivity (Wildman–Crippen MR) is 218 cm³/mol. The summed E-state index contributed by atoms with van der Waals surface area (Å²) in [6, 6.07) is 17.5. The number of aromatic nitrogens is 3. The van der Waals surface area contributed by atoms with Gasteiger partial charge in [-0.3, -0.25) is 14.4 Å². The van der Waals surface area contributed by atoms with Gasteiger partial charge < -0.3 is 19.9 Å². The average Bonchev–Trinajstić information content (AvgIpc) is 3.44. The number of amides is 2. The largest absolute Gasteiger partial charge is 0.483 e. The highest BCUT2D eigenvalue weighted by Crippen LogP contribution is 2.38. The van der Waals surface area contributed by atoms with Crippen LogP contribution in [-0.2, 0) is 22.0 Å². The minimum Gasteiger partial charge on any atom is -0.483 e. The first kappa shape index (κ1) is 40.6. The predicted octanol–water partition coefficient (Wildman–Crippen LogP) is 9.70. The van der Waals surface area contributed by atoms with Crippen molar-refractivity contribution < 1.29 is 18.9 Å². The van der Waals surface area contributed by atoms with E-state index >= 15 is 0 Å². The van der Waals surface area contributed by atoms with E-state index in [4.69, 9.17) is 39.5 Å². The Labute approximate surface area is 331 Å². The van der Waals surface area contributed by atoms with Crippen LogP contribution in [0.4, 0.5) is 11.5 Å². The first-order valence-corrected chi connectivity index (χ1v) is 19.1. The normalized spacial score (nSPS) is 11.8. The molecule has 0 spiro atoms. The average molecular weight is 791 g/mol. The zero-order valence-electron chi connectivity index (χ0n) is 31.9. The quantitative estimate of drug-likeness (QED) is 0.0913. The maximum atomic E-state index is 14.0. The smallest absolute Gasteiger partial charge is 0.290 e. The summed E-state index contributed by atoms with van der Waals surface area (Å²) in [4.78, 5) is 40.9. The second-order valence-electron chi connectivity index (χ2n) is 14.6. The number of nitrogens with zero attached hydrogens (tertiary/aromatic N) is 3. The zero-order valence-corrected chi connectivity index (χ0v) is 34.1. The summed E-state index contributed by atoms with van der Waals surface area (Å²) in [6.07, 6.45) is 6.15. The number of carbonyl (C=O) groups is 2. The second-order valence-corrected chi connectivity index (χ2v) is 15.9. The minimum atomic E-state index is -0.567. The van der Waals surface area contributed by atoms with Gasteiger partial charge in [0.1, 0.15) is 11.4 Å². The van der Waals surface area contributed by atoms with Gasteiger partial charge in [-0.1, -0.05) is 113 Å². The molecule has 2 heterocycles. The van der Waals surface area contributed by atoms with E-state index in [0.717, 1.165) is 40.6 Å². The van der Waals surface area contributed by atoms with Gasteiger partial charge in [-0.05, 0) is 84.5 Å². The van der Waals surface area contributed by atoms with Gasteiger partial charge in [-0.15, -0.1) is 0 Å². The van der Waals surface area contributed by atoms with Crippen LogP contribution in [0.1, 0.15) is 93.9 Å². The number of carbonyl (C=O) groups excluding carboxylic acids is 2. The van der Waals surface area contributed by atoms with Crippen LogP contribution in [0.5, 0.6) is 5.75 Å². The Morgan fingerprint density at radius 3 is 2.24 bits per heavy atom. The standard InChI is InChI=1S/C42H46Cl3N5O4/c1-9-26-23-49(18-17-25(26)4)37-38(48-50(40(37)53)36-32(44)21-29(43)22-33(36)45)47-39(52)27-13-12-14-30(19-27)46-35(51)24-54-34-16-15-28(41(5,6)10-2)20-31(34)42(7,8)11-3/h12-23H,9-11,24H2,1-8H3,(H,46,51)(H,47,48,52). The molecule has 3 aromatic carbocycles. The van der Waals surface area contributed by atoms with Crippen LogP contribution < -0.4 is 25.5 Å². The zero-order chi connectivity index (χ0) is 39.5.